The van der Waals surface area contributed by atoms with Crippen LogP contribution in [0.2, 0.25) is 0 Å². The third-order valence-electron chi connectivity index (χ3n) is 4.14. The van der Waals surface area contributed by atoms with Gasteiger partial charge in [-0.3, -0.25) is 0 Å². The summed E-state index contributed by atoms with van der Waals surface area (Å²) in [5.74, 6) is 0. The van der Waals surface area contributed by atoms with E-state index in [-0.39, 0.29) is 0 Å². The molecule has 0 atom stereocenters. The van der Waals surface area contributed by atoms with Gasteiger partial charge in [-0.1, -0.05) is 0 Å². The van der Waals surface area contributed by atoms with E-state index in [1.54, 1.807) is 8.24 Å². The average molecular weight is 325 g/mol. The Morgan fingerprint density at radius 2 is 0.857 bits per heavy atom. The van der Waals surface area contributed by atoms with Crippen molar-refractivity contribution in [3.63, 3.8) is 0 Å². The van der Waals surface area contributed by atoms with Crippen molar-refractivity contribution in [1.29, 1.82) is 0 Å². The van der Waals surface area contributed by atoms with E-state index in [0.29, 0.717) is 0 Å². The van der Waals surface area contributed by atoms with Gasteiger partial charge in [0, 0.05) is 0 Å². The summed E-state index contributed by atoms with van der Waals surface area (Å²) >= 11 is -0.986. The van der Waals surface area contributed by atoms with Crippen molar-refractivity contribution in [2.45, 2.75) is 0 Å². The van der Waals surface area contributed by atoms with Crippen molar-refractivity contribution in [3.05, 3.63) is 84.9 Å². The van der Waals surface area contributed by atoms with Gasteiger partial charge in [-0.15, -0.1) is 0 Å². The molecule has 0 aliphatic rings. The molecule has 21 heavy (non-hydrogen) atoms. The van der Waals surface area contributed by atoms with E-state index in [9.17, 15) is 0 Å². The quantitative estimate of drug-likeness (QED) is 0.496. The fourth-order valence-electron chi connectivity index (χ4n) is 3.10. The third kappa shape index (κ3) is 2.39. The zero-order valence-corrected chi connectivity index (χ0v) is 14.8. The molecule has 0 aliphatic heterocycles. The Bertz CT molecular complexity index is 837. The molecule has 0 saturated carbocycles. The Balaban J connectivity index is 1.87. The molecule has 0 unspecified atom stereocenters. The number of benzene rings is 4. The zero-order chi connectivity index (χ0) is 14.1. The van der Waals surface area contributed by atoms with Crippen molar-refractivity contribution in [2.75, 3.05) is 0 Å². The van der Waals surface area contributed by atoms with Crippen LogP contribution in [0.25, 0.3) is 21.5 Å². The van der Waals surface area contributed by atoms with Crippen LogP contribution in [-0.4, -0.2) is 17.4 Å². The maximum absolute atomic E-state index is 2.32. The van der Waals surface area contributed by atoms with E-state index >= 15 is 0 Å². The summed E-state index contributed by atoms with van der Waals surface area (Å²) < 4.78 is 3.16. The molecule has 0 nitrogen and oxygen atoms in total. The summed E-state index contributed by atoms with van der Waals surface area (Å²) in [5, 5.41) is 5.60. The SMILES string of the molecule is c1ccc2[c]([GaH][c]3cccc4ccccc34)cccc2c1. The first-order valence-electron chi connectivity index (χ1n) is 7.35. The number of rotatable bonds is 2. The van der Waals surface area contributed by atoms with Crippen molar-refractivity contribution in [2.24, 2.45) is 0 Å². The van der Waals surface area contributed by atoms with Crippen LogP contribution in [0, 0.1) is 0 Å². The standard InChI is InChI=1S/2C10H7.Ga.H/c2*1-2-6-10-8-4-3-7-9(10)5-1;;/h2*1-7H;;. The third-order valence-corrected chi connectivity index (χ3v) is 8.33. The van der Waals surface area contributed by atoms with Crippen LogP contribution in [0.15, 0.2) is 84.9 Å². The molecular weight excluding hydrogens is 310 g/mol. The molecule has 4 aromatic rings. The molecule has 0 bridgehead atoms. The van der Waals surface area contributed by atoms with Crippen molar-refractivity contribution < 1.29 is 0 Å². The molecule has 0 aromatic heterocycles. The monoisotopic (exact) mass is 324 g/mol. The summed E-state index contributed by atoms with van der Waals surface area (Å²) in [4.78, 5) is 0. The van der Waals surface area contributed by atoms with E-state index < -0.39 is 17.4 Å². The minimum absolute atomic E-state index is 0.986. The second-order valence-electron chi connectivity index (χ2n) is 5.45. The van der Waals surface area contributed by atoms with Crippen LogP contribution in [0.3, 0.4) is 0 Å². The van der Waals surface area contributed by atoms with Gasteiger partial charge in [0.05, 0.1) is 0 Å². The molecule has 0 aliphatic carbocycles. The molecule has 0 amide bonds. The Morgan fingerprint density at radius 3 is 1.38 bits per heavy atom. The Kier molecular flexibility index (Phi) is 3.30. The van der Waals surface area contributed by atoms with E-state index in [1.165, 1.54) is 21.5 Å². The molecule has 0 N–H and O–H groups in total. The van der Waals surface area contributed by atoms with Gasteiger partial charge in [0.1, 0.15) is 0 Å². The summed E-state index contributed by atoms with van der Waals surface area (Å²) in [6.45, 7) is 0. The predicted molar refractivity (Wildman–Crippen MR) is 94.3 cm³/mol. The van der Waals surface area contributed by atoms with Gasteiger partial charge in [0.25, 0.3) is 0 Å². The van der Waals surface area contributed by atoms with Crippen molar-refractivity contribution in [3.8, 4) is 0 Å². The molecule has 0 fully saturated rings. The van der Waals surface area contributed by atoms with Crippen LogP contribution in [0.1, 0.15) is 0 Å². The molecular formula is C20H15Ga. The zero-order valence-electron chi connectivity index (χ0n) is 11.8. The summed E-state index contributed by atoms with van der Waals surface area (Å²) in [7, 11) is 0. The molecule has 0 saturated heterocycles. The van der Waals surface area contributed by atoms with E-state index in [4.69, 9.17) is 0 Å². The molecule has 4 aromatic carbocycles. The molecule has 0 heterocycles. The molecule has 0 radical (unpaired) electrons. The maximum atomic E-state index is 2.32. The van der Waals surface area contributed by atoms with Crippen LogP contribution < -0.4 is 8.24 Å². The summed E-state index contributed by atoms with van der Waals surface area (Å²) in [5.41, 5.74) is 0. The normalized spacial score (nSPS) is 10.9. The predicted octanol–water partition coefficient (Wildman–Crippen LogP) is 3.38. The molecule has 1 heteroatoms. The second kappa shape index (κ2) is 5.43. The molecule has 4 rings (SSSR count). The number of fused-ring (bicyclic) bond motifs is 2. The first-order chi connectivity index (χ1) is 10.4. The van der Waals surface area contributed by atoms with Crippen LogP contribution in [-0.2, 0) is 0 Å². The van der Waals surface area contributed by atoms with E-state index in [0.717, 1.165) is 0 Å². The summed E-state index contributed by atoms with van der Waals surface area (Å²) in [6.07, 6.45) is 0. The van der Waals surface area contributed by atoms with Crippen LogP contribution >= 0.6 is 0 Å². The first kappa shape index (κ1) is 12.8. The number of hydrogen-bond acceptors (Lipinski definition) is 0. The Morgan fingerprint density at radius 1 is 0.429 bits per heavy atom. The topological polar surface area (TPSA) is 0 Å². The van der Waals surface area contributed by atoms with Gasteiger partial charge in [-0.2, -0.15) is 0 Å². The minimum atomic E-state index is -0.986. The van der Waals surface area contributed by atoms with Gasteiger partial charge in [-0.25, -0.2) is 0 Å². The van der Waals surface area contributed by atoms with Gasteiger partial charge < -0.3 is 0 Å². The first-order valence-corrected chi connectivity index (χ1v) is 10.3. The second-order valence-corrected chi connectivity index (χ2v) is 9.39. The van der Waals surface area contributed by atoms with Crippen LogP contribution in [0.5, 0.6) is 0 Å². The molecule has 98 valence electrons. The number of hydrogen-bond donors (Lipinski definition) is 0. The fraction of sp³-hybridized carbons (Fsp3) is 0. The fourth-order valence-corrected chi connectivity index (χ4v) is 7.18. The van der Waals surface area contributed by atoms with E-state index in [1.807, 2.05) is 0 Å². The Labute approximate surface area is 132 Å². The van der Waals surface area contributed by atoms with Gasteiger partial charge in [0.2, 0.25) is 0 Å². The average Bonchev–Trinajstić information content (AvgIpc) is 2.56. The van der Waals surface area contributed by atoms with Gasteiger partial charge in [0.15, 0.2) is 0 Å². The van der Waals surface area contributed by atoms with Crippen molar-refractivity contribution in [1.82, 2.24) is 0 Å². The van der Waals surface area contributed by atoms with Crippen LogP contribution in [0.4, 0.5) is 0 Å². The Hall–Kier alpha value is -1.96. The van der Waals surface area contributed by atoms with E-state index in [2.05, 4.69) is 84.9 Å². The van der Waals surface area contributed by atoms with Crippen molar-refractivity contribution >= 4 is 47.2 Å². The van der Waals surface area contributed by atoms with Gasteiger partial charge in [-0.05, 0) is 0 Å². The summed E-state index contributed by atoms with van der Waals surface area (Å²) in [6, 6.07) is 31.0. The molecule has 0 spiro atoms. The van der Waals surface area contributed by atoms with Gasteiger partial charge >= 0.3 is 132 Å².